The van der Waals surface area contributed by atoms with Crippen LogP contribution < -0.4 is 11.1 Å². The van der Waals surface area contributed by atoms with E-state index in [9.17, 15) is 9.59 Å². The molecular formula is C15H22N2O3. The first kappa shape index (κ1) is 16.2. The number of carbonyl (C=O) groups excluding carboxylic acids is 2. The molecule has 2 atom stereocenters. The molecule has 0 aromatic heterocycles. The van der Waals surface area contributed by atoms with Crippen molar-refractivity contribution in [2.24, 2.45) is 11.7 Å². The molecule has 1 unspecified atom stereocenters. The van der Waals surface area contributed by atoms with Gasteiger partial charge in [0, 0.05) is 0 Å². The van der Waals surface area contributed by atoms with Gasteiger partial charge in [-0.15, -0.1) is 0 Å². The molecule has 0 aliphatic rings. The molecule has 0 aliphatic carbocycles. The van der Waals surface area contributed by atoms with Crippen molar-refractivity contribution in [2.45, 2.75) is 32.4 Å². The van der Waals surface area contributed by atoms with Crippen molar-refractivity contribution in [1.82, 2.24) is 5.32 Å². The summed E-state index contributed by atoms with van der Waals surface area (Å²) >= 11 is 0. The van der Waals surface area contributed by atoms with Crippen molar-refractivity contribution in [2.75, 3.05) is 7.11 Å². The number of methoxy groups -OCH3 is 1. The fraction of sp³-hybridized carbons (Fsp3) is 0.467. The van der Waals surface area contributed by atoms with Crippen molar-refractivity contribution in [3.8, 4) is 0 Å². The minimum absolute atomic E-state index is 0.0852. The number of nitrogens with one attached hydrogen (secondary N) is 1. The molecule has 5 nitrogen and oxygen atoms in total. The second-order valence-electron chi connectivity index (χ2n) is 5.29. The fourth-order valence-corrected chi connectivity index (χ4v) is 1.83. The Hall–Kier alpha value is -1.88. The number of rotatable bonds is 5. The normalized spacial score (nSPS) is 15.3. The van der Waals surface area contributed by atoms with Crippen molar-refractivity contribution in [3.63, 3.8) is 0 Å². The summed E-state index contributed by atoms with van der Waals surface area (Å²) in [4.78, 5) is 24.0. The van der Waals surface area contributed by atoms with Gasteiger partial charge in [0.25, 0.3) is 0 Å². The van der Waals surface area contributed by atoms with Gasteiger partial charge in [0.1, 0.15) is 11.6 Å². The topological polar surface area (TPSA) is 81.4 Å². The Morgan fingerprint density at radius 2 is 1.80 bits per heavy atom. The van der Waals surface area contributed by atoms with E-state index in [1.54, 1.807) is 19.1 Å². The molecule has 0 heterocycles. The predicted molar refractivity (Wildman–Crippen MR) is 76.8 cm³/mol. The summed E-state index contributed by atoms with van der Waals surface area (Å²) in [5.41, 5.74) is 5.59. The molecule has 0 radical (unpaired) electrons. The van der Waals surface area contributed by atoms with Crippen molar-refractivity contribution < 1.29 is 14.3 Å². The molecule has 0 spiro atoms. The van der Waals surface area contributed by atoms with Crippen LogP contribution in [-0.2, 0) is 19.9 Å². The molecule has 5 heteroatoms. The number of nitrogens with two attached hydrogens (primary N) is 1. The van der Waals surface area contributed by atoms with Gasteiger partial charge < -0.3 is 15.8 Å². The Morgan fingerprint density at radius 1 is 1.25 bits per heavy atom. The maximum atomic E-state index is 12.4. The van der Waals surface area contributed by atoms with Crippen LogP contribution in [0.3, 0.4) is 0 Å². The lowest BCUT2D eigenvalue weighted by molar-refractivity contribution is -0.147. The molecule has 0 aliphatic heterocycles. The minimum atomic E-state index is -1.21. The summed E-state index contributed by atoms with van der Waals surface area (Å²) in [6, 6.07) is 8.33. The summed E-state index contributed by atoms with van der Waals surface area (Å²) in [6.45, 7) is 5.28. The van der Waals surface area contributed by atoms with Gasteiger partial charge in [-0.1, -0.05) is 44.2 Å². The second-order valence-corrected chi connectivity index (χ2v) is 5.29. The number of hydrogen-bond acceptors (Lipinski definition) is 4. The molecule has 1 aromatic carbocycles. The molecule has 110 valence electrons. The third kappa shape index (κ3) is 3.57. The number of esters is 1. The lowest BCUT2D eigenvalue weighted by Gasteiger charge is -2.28. The highest BCUT2D eigenvalue weighted by Crippen LogP contribution is 2.18. The molecule has 0 saturated carbocycles. The molecular weight excluding hydrogens is 256 g/mol. The van der Waals surface area contributed by atoms with Gasteiger partial charge in [0.05, 0.1) is 7.11 Å². The van der Waals surface area contributed by atoms with Gasteiger partial charge in [0.2, 0.25) is 5.91 Å². The van der Waals surface area contributed by atoms with Crippen LogP contribution >= 0.6 is 0 Å². The maximum absolute atomic E-state index is 12.4. The first-order valence-corrected chi connectivity index (χ1v) is 6.54. The number of amides is 1. The van der Waals surface area contributed by atoms with E-state index in [-0.39, 0.29) is 5.92 Å². The summed E-state index contributed by atoms with van der Waals surface area (Å²) in [5, 5.41) is 2.67. The molecule has 1 amide bonds. The van der Waals surface area contributed by atoms with Crippen molar-refractivity contribution >= 4 is 11.9 Å². The number of ether oxygens (including phenoxy) is 1. The lowest BCUT2D eigenvalue weighted by atomic mass is 9.91. The lowest BCUT2D eigenvalue weighted by Crippen LogP contribution is -2.55. The zero-order chi connectivity index (χ0) is 15.3. The fourth-order valence-electron chi connectivity index (χ4n) is 1.83. The highest BCUT2D eigenvalue weighted by atomic mass is 16.5. The zero-order valence-corrected chi connectivity index (χ0v) is 12.3. The Morgan fingerprint density at radius 3 is 2.25 bits per heavy atom. The standard InChI is InChI=1S/C15H22N2O3/c1-10(2)12(13(18)20-4)17-14(19)15(3,16)11-8-6-5-7-9-11/h5-10,12H,16H2,1-4H3,(H,17,19)/t12-,15?/m0/s1. The highest BCUT2D eigenvalue weighted by Gasteiger charge is 2.34. The third-order valence-corrected chi connectivity index (χ3v) is 3.25. The van der Waals surface area contributed by atoms with Crippen LogP contribution in [0.1, 0.15) is 26.3 Å². The monoisotopic (exact) mass is 278 g/mol. The average Bonchev–Trinajstić information content (AvgIpc) is 2.44. The Bertz CT molecular complexity index is 469. The first-order chi connectivity index (χ1) is 9.30. The van der Waals surface area contributed by atoms with E-state index in [0.717, 1.165) is 0 Å². The third-order valence-electron chi connectivity index (χ3n) is 3.25. The van der Waals surface area contributed by atoms with Crippen LogP contribution in [0.5, 0.6) is 0 Å². The SMILES string of the molecule is COC(=O)[C@@H](NC(=O)C(C)(N)c1ccccc1)C(C)C. The first-order valence-electron chi connectivity index (χ1n) is 6.54. The quantitative estimate of drug-likeness (QED) is 0.792. The smallest absolute Gasteiger partial charge is 0.328 e. The Kier molecular flexibility index (Phi) is 5.27. The van der Waals surface area contributed by atoms with Gasteiger partial charge in [0.15, 0.2) is 0 Å². The summed E-state index contributed by atoms with van der Waals surface area (Å²) in [6.07, 6.45) is 0. The van der Waals surface area contributed by atoms with Crippen LogP contribution in [0.4, 0.5) is 0 Å². The summed E-state index contributed by atoms with van der Waals surface area (Å²) < 4.78 is 4.70. The van der Waals surface area contributed by atoms with Gasteiger partial charge in [-0.05, 0) is 18.4 Å². The van der Waals surface area contributed by atoms with Gasteiger partial charge in [-0.3, -0.25) is 4.79 Å². The molecule has 1 rings (SSSR count). The highest BCUT2D eigenvalue weighted by molar-refractivity contribution is 5.91. The van der Waals surface area contributed by atoms with Crippen LogP contribution in [0.15, 0.2) is 30.3 Å². The molecule has 1 aromatic rings. The maximum Gasteiger partial charge on any atom is 0.328 e. The van der Waals surface area contributed by atoms with Gasteiger partial charge in [-0.25, -0.2) is 4.79 Å². The van der Waals surface area contributed by atoms with E-state index in [0.29, 0.717) is 5.56 Å². The number of benzene rings is 1. The Labute approximate surface area is 119 Å². The van der Waals surface area contributed by atoms with E-state index in [1.807, 2.05) is 32.0 Å². The van der Waals surface area contributed by atoms with Crippen molar-refractivity contribution in [1.29, 1.82) is 0 Å². The minimum Gasteiger partial charge on any atom is -0.467 e. The van der Waals surface area contributed by atoms with E-state index in [2.05, 4.69) is 5.32 Å². The number of carbonyl (C=O) groups is 2. The van der Waals surface area contributed by atoms with E-state index in [1.165, 1.54) is 7.11 Å². The second kappa shape index (κ2) is 6.52. The molecule has 0 fully saturated rings. The predicted octanol–water partition coefficient (Wildman–Crippen LogP) is 1.17. The van der Waals surface area contributed by atoms with Crippen LogP contribution in [0.25, 0.3) is 0 Å². The molecule has 3 N–H and O–H groups in total. The summed E-state index contributed by atoms with van der Waals surface area (Å²) in [7, 11) is 1.29. The van der Waals surface area contributed by atoms with E-state index < -0.39 is 23.5 Å². The molecule has 0 bridgehead atoms. The zero-order valence-electron chi connectivity index (χ0n) is 12.3. The number of hydrogen-bond donors (Lipinski definition) is 2. The van der Waals surface area contributed by atoms with Gasteiger partial charge in [-0.2, -0.15) is 0 Å². The van der Waals surface area contributed by atoms with Crippen LogP contribution in [-0.4, -0.2) is 25.0 Å². The van der Waals surface area contributed by atoms with Crippen LogP contribution in [0, 0.1) is 5.92 Å². The Balaban J connectivity index is 2.91. The van der Waals surface area contributed by atoms with Crippen molar-refractivity contribution in [3.05, 3.63) is 35.9 Å². The van der Waals surface area contributed by atoms with Crippen LogP contribution in [0.2, 0.25) is 0 Å². The van der Waals surface area contributed by atoms with Gasteiger partial charge >= 0.3 is 5.97 Å². The molecule has 0 saturated heterocycles. The largest absolute Gasteiger partial charge is 0.467 e. The van der Waals surface area contributed by atoms with E-state index >= 15 is 0 Å². The average molecular weight is 278 g/mol. The van der Waals surface area contributed by atoms with E-state index in [4.69, 9.17) is 10.5 Å². The summed E-state index contributed by atoms with van der Waals surface area (Å²) in [5.74, 6) is -0.969. The molecule has 20 heavy (non-hydrogen) atoms.